The number of nitrogens with one attached hydrogen (secondary N) is 1. The molecule has 0 fully saturated rings. The lowest BCUT2D eigenvalue weighted by Crippen LogP contribution is -2.23. The molecule has 21 heavy (non-hydrogen) atoms. The molecule has 0 spiro atoms. The third-order valence-electron chi connectivity index (χ3n) is 2.98. The SMILES string of the molecule is Cl.O=C(NCc1ccc2c(c1)OCCO2)c1cccnc1. The van der Waals surface area contributed by atoms with Gasteiger partial charge in [0, 0.05) is 18.9 Å². The number of halogens is 1. The maximum atomic E-state index is 11.9. The van der Waals surface area contributed by atoms with Crippen molar-refractivity contribution in [1.82, 2.24) is 10.3 Å². The Balaban J connectivity index is 0.00000161. The second-order valence-corrected chi connectivity index (χ2v) is 4.40. The van der Waals surface area contributed by atoms with Crippen molar-refractivity contribution in [3.8, 4) is 11.5 Å². The highest BCUT2D eigenvalue weighted by molar-refractivity contribution is 5.93. The zero-order chi connectivity index (χ0) is 13.8. The van der Waals surface area contributed by atoms with E-state index in [4.69, 9.17) is 9.47 Å². The molecule has 1 aromatic carbocycles. The lowest BCUT2D eigenvalue weighted by molar-refractivity contribution is 0.0950. The van der Waals surface area contributed by atoms with Crippen molar-refractivity contribution in [3.63, 3.8) is 0 Å². The molecule has 1 amide bonds. The predicted octanol–water partition coefficient (Wildman–Crippen LogP) is 2.20. The molecule has 6 heteroatoms. The van der Waals surface area contributed by atoms with Crippen molar-refractivity contribution >= 4 is 18.3 Å². The number of pyridine rings is 1. The van der Waals surface area contributed by atoms with Gasteiger partial charge in [0.1, 0.15) is 13.2 Å². The van der Waals surface area contributed by atoms with Gasteiger partial charge in [-0.15, -0.1) is 12.4 Å². The van der Waals surface area contributed by atoms with Crippen molar-refractivity contribution in [1.29, 1.82) is 0 Å². The van der Waals surface area contributed by atoms with E-state index in [0.29, 0.717) is 25.3 Å². The zero-order valence-corrected chi connectivity index (χ0v) is 12.1. The molecule has 3 rings (SSSR count). The smallest absolute Gasteiger partial charge is 0.253 e. The first-order valence-corrected chi connectivity index (χ1v) is 6.40. The number of rotatable bonds is 3. The van der Waals surface area contributed by atoms with Crippen molar-refractivity contribution in [2.45, 2.75) is 6.54 Å². The van der Waals surface area contributed by atoms with Crippen LogP contribution in [0.3, 0.4) is 0 Å². The summed E-state index contributed by atoms with van der Waals surface area (Å²) in [6.07, 6.45) is 3.18. The third-order valence-corrected chi connectivity index (χ3v) is 2.98. The van der Waals surface area contributed by atoms with Crippen molar-refractivity contribution in [2.75, 3.05) is 13.2 Å². The molecule has 0 saturated carbocycles. The van der Waals surface area contributed by atoms with E-state index in [0.717, 1.165) is 17.1 Å². The first kappa shape index (κ1) is 15.1. The molecule has 1 aliphatic heterocycles. The van der Waals surface area contributed by atoms with Gasteiger partial charge in [0.05, 0.1) is 5.56 Å². The normalized spacial score (nSPS) is 12.2. The molecule has 2 aromatic rings. The number of aromatic nitrogens is 1. The van der Waals surface area contributed by atoms with Crippen LogP contribution >= 0.6 is 12.4 Å². The first-order valence-electron chi connectivity index (χ1n) is 6.40. The van der Waals surface area contributed by atoms with Crippen LogP contribution in [0.15, 0.2) is 42.7 Å². The molecular formula is C15H15ClN2O3. The number of carbonyl (C=O) groups is 1. The number of amides is 1. The highest BCUT2D eigenvalue weighted by Crippen LogP contribution is 2.30. The van der Waals surface area contributed by atoms with Crippen LogP contribution in [0.1, 0.15) is 15.9 Å². The van der Waals surface area contributed by atoms with E-state index >= 15 is 0 Å². The minimum absolute atomic E-state index is 0. The monoisotopic (exact) mass is 306 g/mol. The van der Waals surface area contributed by atoms with Gasteiger partial charge >= 0.3 is 0 Å². The van der Waals surface area contributed by atoms with E-state index in [1.807, 2.05) is 18.2 Å². The number of hydrogen-bond acceptors (Lipinski definition) is 4. The molecule has 1 aromatic heterocycles. The fourth-order valence-electron chi connectivity index (χ4n) is 1.98. The molecule has 0 radical (unpaired) electrons. The second kappa shape index (κ2) is 6.95. The lowest BCUT2D eigenvalue weighted by Gasteiger charge is -2.18. The molecule has 0 saturated heterocycles. The molecule has 5 nitrogen and oxygen atoms in total. The van der Waals surface area contributed by atoms with Crippen LogP contribution in [0.5, 0.6) is 11.5 Å². The summed E-state index contributed by atoms with van der Waals surface area (Å²) < 4.78 is 11.0. The molecule has 1 N–H and O–H groups in total. The summed E-state index contributed by atoms with van der Waals surface area (Å²) in [6, 6.07) is 9.13. The number of nitrogens with zero attached hydrogens (tertiary/aromatic N) is 1. The summed E-state index contributed by atoms with van der Waals surface area (Å²) in [5, 5.41) is 2.85. The van der Waals surface area contributed by atoms with Gasteiger partial charge in [-0.05, 0) is 29.8 Å². The van der Waals surface area contributed by atoms with Crippen LogP contribution in [-0.2, 0) is 6.54 Å². The van der Waals surface area contributed by atoms with Gasteiger partial charge in [-0.2, -0.15) is 0 Å². The van der Waals surface area contributed by atoms with Gasteiger partial charge in [-0.3, -0.25) is 9.78 Å². The Hall–Kier alpha value is -2.27. The Morgan fingerprint density at radius 1 is 1.19 bits per heavy atom. The standard InChI is InChI=1S/C15H14N2O3.ClH/c18-15(12-2-1-5-16-10-12)17-9-11-3-4-13-14(8-11)20-7-6-19-13;/h1-5,8,10H,6-7,9H2,(H,17,18);1H. The summed E-state index contributed by atoms with van der Waals surface area (Å²) in [7, 11) is 0. The molecule has 0 atom stereocenters. The molecule has 110 valence electrons. The van der Waals surface area contributed by atoms with E-state index in [2.05, 4.69) is 10.3 Å². The lowest BCUT2D eigenvalue weighted by atomic mass is 10.2. The van der Waals surface area contributed by atoms with Gasteiger partial charge in [-0.25, -0.2) is 0 Å². The Bertz CT molecular complexity index is 620. The summed E-state index contributed by atoms with van der Waals surface area (Å²) >= 11 is 0. The Morgan fingerprint density at radius 2 is 2.00 bits per heavy atom. The van der Waals surface area contributed by atoms with E-state index in [9.17, 15) is 4.79 Å². The molecule has 0 bridgehead atoms. The predicted molar refractivity (Wildman–Crippen MR) is 80.1 cm³/mol. The maximum absolute atomic E-state index is 11.9. The second-order valence-electron chi connectivity index (χ2n) is 4.40. The van der Waals surface area contributed by atoms with Crippen LogP contribution in [0.25, 0.3) is 0 Å². The summed E-state index contributed by atoms with van der Waals surface area (Å²) in [5.74, 6) is 1.33. The average Bonchev–Trinajstić information content (AvgIpc) is 2.53. The van der Waals surface area contributed by atoms with E-state index in [1.54, 1.807) is 24.5 Å². The molecule has 1 aliphatic rings. The fraction of sp³-hybridized carbons (Fsp3) is 0.200. The van der Waals surface area contributed by atoms with E-state index < -0.39 is 0 Å². The minimum Gasteiger partial charge on any atom is -0.486 e. The van der Waals surface area contributed by atoms with Crippen molar-refractivity contribution < 1.29 is 14.3 Å². The average molecular weight is 307 g/mol. The number of hydrogen-bond donors (Lipinski definition) is 1. The number of ether oxygens (including phenoxy) is 2. The minimum atomic E-state index is -0.145. The maximum Gasteiger partial charge on any atom is 0.253 e. The Morgan fingerprint density at radius 3 is 2.76 bits per heavy atom. The third kappa shape index (κ3) is 3.64. The number of carbonyl (C=O) groups excluding carboxylic acids is 1. The topological polar surface area (TPSA) is 60.5 Å². The number of benzene rings is 1. The molecular weight excluding hydrogens is 292 g/mol. The quantitative estimate of drug-likeness (QED) is 0.944. The largest absolute Gasteiger partial charge is 0.486 e. The Labute approximate surface area is 128 Å². The first-order chi connectivity index (χ1) is 9.83. The molecule has 2 heterocycles. The van der Waals surface area contributed by atoms with E-state index in [-0.39, 0.29) is 18.3 Å². The van der Waals surface area contributed by atoms with Crippen molar-refractivity contribution in [2.24, 2.45) is 0 Å². The van der Waals surface area contributed by atoms with Gasteiger partial charge in [0.15, 0.2) is 11.5 Å². The van der Waals surface area contributed by atoms with Crippen LogP contribution < -0.4 is 14.8 Å². The van der Waals surface area contributed by atoms with Crippen LogP contribution in [0.4, 0.5) is 0 Å². The summed E-state index contributed by atoms with van der Waals surface area (Å²) in [5.41, 5.74) is 1.51. The molecule has 0 aliphatic carbocycles. The number of fused-ring (bicyclic) bond motifs is 1. The summed E-state index contributed by atoms with van der Waals surface area (Å²) in [6.45, 7) is 1.56. The van der Waals surface area contributed by atoms with Crippen LogP contribution in [0.2, 0.25) is 0 Å². The van der Waals surface area contributed by atoms with Gasteiger partial charge in [0.2, 0.25) is 0 Å². The van der Waals surface area contributed by atoms with Crippen LogP contribution in [0, 0.1) is 0 Å². The van der Waals surface area contributed by atoms with E-state index in [1.165, 1.54) is 0 Å². The zero-order valence-electron chi connectivity index (χ0n) is 11.2. The highest BCUT2D eigenvalue weighted by atomic mass is 35.5. The summed E-state index contributed by atoms with van der Waals surface area (Å²) in [4.78, 5) is 15.8. The van der Waals surface area contributed by atoms with Crippen molar-refractivity contribution in [3.05, 3.63) is 53.9 Å². The van der Waals surface area contributed by atoms with Crippen LogP contribution in [-0.4, -0.2) is 24.1 Å². The van der Waals surface area contributed by atoms with Gasteiger partial charge in [-0.1, -0.05) is 6.07 Å². The van der Waals surface area contributed by atoms with Gasteiger partial charge in [0.25, 0.3) is 5.91 Å². The molecule has 0 unspecified atom stereocenters. The fourth-order valence-corrected chi connectivity index (χ4v) is 1.98. The highest BCUT2D eigenvalue weighted by Gasteiger charge is 2.12. The Kier molecular flexibility index (Phi) is 5.00. The van der Waals surface area contributed by atoms with Gasteiger partial charge < -0.3 is 14.8 Å².